The van der Waals surface area contributed by atoms with Gasteiger partial charge < -0.3 is 5.32 Å². The fourth-order valence-electron chi connectivity index (χ4n) is 2.37. The molecular weight excluding hydrogens is 400 g/mol. The second-order valence-electron chi connectivity index (χ2n) is 5.71. The minimum atomic E-state index is -4.01. The molecule has 1 aromatic heterocycles. The smallest absolute Gasteiger partial charge is 0.332 e. The number of hydrazine groups is 1. The molecule has 3 aromatic rings. The van der Waals surface area contributed by atoms with Gasteiger partial charge in [0.2, 0.25) is 0 Å². The number of carbonyl (C=O) groups is 1. The fraction of sp³-hybridized carbons (Fsp3) is 0.0526. The van der Waals surface area contributed by atoms with E-state index in [0.29, 0.717) is 0 Å². The molecule has 0 aliphatic rings. The molecule has 28 heavy (non-hydrogen) atoms. The molecule has 0 atom stereocenters. The number of hydrogen-bond donors (Lipinski definition) is 2. The lowest BCUT2D eigenvalue weighted by Gasteiger charge is -2.24. The summed E-state index contributed by atoms with van der Waals surface area (Å²) >= 11 is 6.19. The summed E-state index contributed by atoms with van der Waals surface area (Å²) in [5, 5.41) is 3.75. The van der Waals surface area contributed by atoms with E-state index in [0.717, 1.165) is 10.6 Å². The average molecular weight is 417 g/mol. The maximum atomic E-state index is 12.8. The van der Waals surface area contributed by atoms with Crippen molar-refractivity contribution < 1.29 is 13.2 Å². The SMILES string of the molecule is O=C(NCc1cccnc1)N(NS(=O)(=O)c1ccccc1)c1ccccc1Cl. The van der Waals surface area contributed by atoms with Gasteiger partial charge in [0.1, 0.15) is 0 Å². The van der Waals surface area contributed by atoms with Crippen LogP contribution in [0.4, 0.5) is 10.5 Å². The van der Waals surface area contributed by atoms with Crippen LogP contribution in [0.2, 0.25) is 5.02 Å². The van der Waals surface area contributed by atoms with Gasteiger partial charge in [-0.2, -0.15) is 0 Å². The second-order valence-corrected chi connectivity index (χ2v) is 7.78. The topological polar surface area (TPSA) is 91.4 Å². The summed E-state index contributed by atoms with van der Waals surface area (Å²) in [6, 6.07) is 17.0. The van der Waals surface area contributed by atoms with E-state index in [1.807, 2.05) is 0 Å². The summed E-state index contributed by atoms with van der Waals surface area (Å²) in [4.78, 5) is 19.1. The van der Waals surface area contributed by atoms with Gasteiger partial charge in [0.25, 0.3) is 10.0 Å². The number of halogens is 1. The molecule has 0 bridgehead atoms. The average Bonchev–Trinajstić information content (AvgIpc) is 2.72. The van der Waals surface area contributed by atoms with Gasteiger partial charge in [-0.25, -0.2) is 18.2 Å². The van der Waals surface area contributed by atoms with Crippen molar-refractivity contribution in [3.05, 3.63) is 89.7 Å². The van der Waals surface area contributed by atoms with Crippen molar-refractivity contribution in [3.8, 4) is 0 Å². The van der Waals surface area contributed by atoms with Crippen molar-refractivity contribution >= 4 is 33.3 Å². The lowest BCUT2D eigenvalue weighted by atomic mass is 10.3. The largest absolute Gasteiger partial charge is 0.337 e. The molecule has 2 aromatic carbocycles. The number of anilines is 1. The molecule has 0 aliphatic carbocycles. The molecular formula is C19H17ClN4O3S. The summed E-state index contributed by atoms with van der Waals surface area (Å²) in [5.41, 5.74) is 0.966. The van der Waals surface area contributed by atoms with E-state index in [4.69, 9.17) is 11.6 Å². The number of aromatic nitrogens is 1. The number of nitrogens with zero attached hydrogens (tertiary/aromatic N) is 2. The summed E-state index contributed by atoms with van der Waals surface area (Å²) in [7, 11) is -4.01. The van der Waals surface area contributed by atoms with Crippen LogP contribution in [-0.2, 0) is 16.6 Å². The van der Waals surface area contributed by atoms with Gasteiger partial charge in [0, 0.05) is 18.9 Å². The molecule has 2 N–H and O–H groups in total. The van der Waals surface area contributed by atoms with Gasteiger partial charge >= 0.3 is 6.03 Å². The van der Waals surface area contributed by atoms with E-state index >= 15 is 0 Å². The highest BCUT2D eigenvalue weighted by atomic mass is 35.5. The van der Waals surface area contributed by atoms with Gasteiger partial charge in [-0.1, -0.05) is 48.0 Å². The van der Waals surface area contributed by atoms with Crippen LogP contribution in [0.1, 0.15) is 5.56 Å². The summed E-state index contributed by atoms with van der Waals surface area (Å²) in [6.07, 6.45) is 3.23. The highest BCUT2D eigenvalue weighted by Crippen LogP contribution is 2.25. The second kappa shape index (κ2) is 8.83. The Morgan fingerprint density at radius 3 is 2.39 bits per heavy atom. The molecule has 0 saturated heterocycles. The van der Waals surface area contributed by atoms with Gasteiger partial charge in [0.05, 0.1) is 15.6 Å². The highest BCUT2D eigenvalue weighted by Gasteiger charge is 2.25. The van der Waals surface area contributed by atoms with E-state index in [-0.39, 0.29) is 22.2 Å². The van der Waals surface area contributed by atoms with E-state index in [9.17, 15) is 13.2 Å². The first-order chi connectivity index (χ1) is 13.5. The molecule has 0 aliphatic heterocycles. The zero-order chi connectivity index (χ0) is 20.0. The maximum Gasteiger partial charge on any atom is 0.337 e. The van der Waals surface area contributed by atoms with Crippen molar-refractivity contribution in [3.63, 3.8) is 0 Å². The minimum Gasteiger partial charge on any atom is -0.332 e. The number of pyridine rings is 1. The predicted octanol–water partition coefficient (Wildman–Crippen LogP) is 3.34. The number of sulfonamides is 1. The van der Waals surface area contributed by atoms with Crippen molar-refractivity contribution in [2.45, 2.75) is 11.4 Å². The third-order valence-electron chi connectivity index (χ3n) is 3.73. The van der Waals surface area contributed by atoms with Gasteiger partial charge in [-0.05, 0) is 35.9 Å². The molecule has 0 radical (unpaired) electrons. The molecule has 0 spiro atoms. The number of urea groups is 1. The Hall–Kier alpha value is -2.94. The number of rotatable bonds is 6. The van der Waals surface area contributed by atoms with Crippen LogP contribution in [0.5, 0.6) is 0 Å². The number of hydrogen-bond acceptors (Lipinski definition) is 4. The highest BCUT2D eigenvalue weighted by molar-refractivity contribution is 7.89. The van der Waals surface area contributed by atoms with E-state index in [1.54, 1.807) is 67.0 Å². The number of carbonyl (C=O) groups excluding carboxylic acids is 1. The van der Waals surface area contributed by atoms with E-state index in [1.165, 1.54) is 12.1 Å². The van der Waals surface area contributed by atoms with Crippen molar-refractivity contribution in [1.82, 2.24) is 15.1 Å². The molecule has 0 unspecified atom stereocenters. The molecule has 0 saturated carbocycles. The lowest BCUT2D eigenvalue weighted by Crippen LogP contribution is -2.51. The summed E-state index contributed by atoms with van der Waals surface area (Å²) in [5.74, 6) is 0. The number of amides is 2. The number of para-hydroxylation sites is 1. The van der Waals surface area contributed by atoms with Gasteiger partial charge in [0.15, 0.2) is 0 Å². The molecule has 3 rings (SSSR count). The Morgan fingerprint density at radius 1 is 1.00 bits per heavy atom. The van der Waals surface area contributed by atoms with Crippen LogP contribution in [0.25, 0.3) is 0 Å². The monoisotopic (exact) mass is 416 g/mol. The Kier molecular flexibility index (Phi) is 6.25. The van der Waals surface area contributed by atoms with Crippen molar-refractivity contribution in [2.24, 2.45) is 0 Å². The molecule has 1 heterocycles. The Bertz CT molecular complexity index is 1050. The summed E-state index contributed by atoms with van der Waals surface area (Å²) < 4.78 is 25.4. The van der Waals surface area contributed by atoms with Crippen LogP contribution in [-0.4, -0.2) is 19.4 Å². The fourth-order valence-corrected chi connectivity index (χ4v) is 3.63. The van der Waals surface area contributed by atoms with Crippen LogP contribution in [0, 0.1) is 0 Å². The normalized spacial score (nSPS) is 11.0. The first kappa shape index (κ1) is 19.8. The molecule has 0 fully saturated rings. The minimum absolute atomic E-state index is 0.0205. The molecule has 144 valence electrons. The quantitative estimate of drug-likeness (QED) is 0.603. The Morgan fingerprint density at radius 2 is 1.71 bits per heavy atom. The van der Waals surface area contributed by atoms with Gasteiger partial charge in [-0.15, -0.1) is 4.83 Å². The zero-order valence-corrected chi connectivity index (χ0v) is 16.2. The Labute approximate surface area is 168 Å². The first-order valence-corrected chi connectivity index (χ1v) is 10.1. The number of benzene rings is 2. The third kappa shape index (κ3) is 4.86. The van der Waals surface area contributed by atoms with Crippen LogP contribution in [0.3, 0.4) is 0 Å². The van der Waals surface area contributed by atoms with Gasteiger partial charge in [-0.3, -0.25) is 4.98 Å². The van der Waals surface area contributed by atoms with E-state index in [2.05, 4.69) is 15.1 Å². The molecule has 9 heteroatoms. The maximum absolute atomic E-state index is 12.8. The lowest BCUT2D eigenvalue weighted by molar-refractivity contribution is 0.245. The van der Waals surface area contributed by atoms with Crippen molar-refractivity contribution in [2.75, 3.05) is 5.01 Å². The Balaban J connectivity index is 1.87. The van der Waals surface area contributed by atoms with E-state index < -0.39 is 16.1 Å². The molecule has 2 amide bonds. The third-order valence-corrected chi connectivity index (χ3v) is 5.36. The predicted molar refractivity (Wildman–Crippen MR) is 107 cm³/mol. The standard InChI is InChI=1S/C19H17ClN4O3S/c20-17-10-4-5-11-18(17)24(19(25)22-14-15-7-6-12-21-13-15)23-28(26,27)16-8-2-1-3-9-16/h1-13,23H,14H2,(H,22,25). The first-order valence-electron chi connectivity index (χ1n) is 8.26. The van der Waals surface area contributed by atoms with Crippen LogP contribution in [0.15, 0.2) is 84.0 Å². The zero-order valence-electron chi connectivity index (χ0n) is 14.6. The summed E-state index contributed by atoms with van der Waals surface area (Å²) in [6.45, 7) is 0.167. The number of nitrogens with one attached hydrogen (secondary N) is 2. The molecule has 7 nitrogen and oxygen atoms in total. The van der Waals surface area contributed by atoms with Crippen molar-refractivity contribution in [1.29, 1.82) is 0 Å². The van der Waals surface area contributed by atoms with Crippen LogP contribution < -0.4 is 15.2 Å². The van der Waals surface area contributed by atoms with Crippen LogP contribution >= 0.6 is 11.6 Å².